The molecule has 158 valence electrons. The fourth-order valence-electron chi connectivity index (χ4n) is 5.75. The SMILES string of the molecule is O=C1[C@H]2C3c4ccccc4C(Cl)(c4ccccc43)[C@H]2C(=O)N1c1ccc(Cl)cc1[N+](=O)[O-]. The molecule has 1 saturated heterocycles. The van der Waals surface area contributed by atoms with Gasteiger partial charge < -0.3 is 0 Å². The molecule has 0 spiro atoms. The number of anilines is 1. The van der Waals surface area contributed by atoms with Crippen molar-refractivity contribution in [1.82, 2.24) is 0 Å². The molecular weight excluding hydrogens is 451 g/mol. The average Bonchev–Trinajstić information content (AvgIpc) is 3.06. The van der Waals surface area contributed by atoms with Gasteiger partial charge in [-0.3, -0.25) is 19.7 Å². The Morgan fingerprint density at radius 2 is 1.50 bits per heavy atom. The van der Waals surface area contributed by atoms with E-state index in [0.29, 0.717) is 0 Å². The lowest BCUT2D eigenvalue weighted by molar-refractivity contribution is -0.384. The lowest BCUT2D eigenvalue weighted by atomic mass is 9.54. The molecule has 8 heteroatoms. The van der Waals surface area contributed by atoms with Crippen molar-refractivity contribution >= 4 is 46.4 Å². The maximum atomic E-state index is 13.8. The number of nitrogens with zero attached hydrogens (tertiary/aromatic N) is 2. The minimum atomic E-state index is -1.24. The number of amides is 2. The predicted molar refractivity (Wildman–Crippen MR) is 119 cm³/mol. The minimum absolute atomic E-state index is 0.0865. The fraction of sp³-hybridized carbons (Fsp3) is 0.167. The number of nitro benzene ring substituents is 1. The first-order valence-electron chi connectivity index (χ1n) is 10.0. The van der Waals surface area contributed by atoms with E-state index in [1.807, 2.05) is 48.5 Å². The van der Waals surface area contributed by atoms with Crippen LogP contribution in [0.25, 0.3) is 0 Å². The number of alkyl halides is 1. The first kappa shape index (κ1) is 19.5. The summed E-state index contributed by atoms with van der Waals surface area (Å²) in [7, 11) is 0. The summed E-state index contributed by atoms with van der Waals surface area (Å²) in [6.07, 6.45) is 0. The zero-order valence-corrected chi connectivity index (χ0v) is 17.9. The zero-order chi connectivity index (χ0) is 22.4. The van der Waals surface area contributed by atoms with Gasteiger partial charge in [0.15, 0.2) is 0 Å². The van der Waals surface area contributed by atoms with Crippen LogP contribution >= 0.6 is 23.2 Å². The smallest absolute Gasteiger partial charge is 0.274 e. The molecule has 2 amide bonds. The average molecular weight is 465 g/mol. The third-order valence-electron chi connectivity index (χ3n) is 6.89. The Hall–Kier alpha value is -3.22. The summed E-state index contributed by atoms with van der Waals surface area (Å²) in [6.45, 7) is 0. The minimum Gasteiger partial charge on any atom is -0.274 e. The lowest BCUT2D eigenvalue weighted by Crippen LogP contribution is -2.50. The van der Waals surface area contributed by atoms with Crippen molar-refractivity contribution in [3.05, 3.63) is 104 Å². The van der Waals surface area contributed by atoms with Crippen molar-refractivity contribution in [2.75, 3.05) is 4.90 Å². The molecule has 3 aromatic carbocycles. The Balaban J connectivity index is 1.61. The van der Waals surface area contributed by atoms with Crippen LogP contribution in [0.1, 0.15) is 28.2 Å². The van der Waals surface area contributed by atoms with Gasteiger partial charge in [0.05, 0.1) is 16.8 Å². The Bertz CT molecular complexity index is 1320. The molecule has 3 aromatic rings. The van der Waals surface area contributed by atoms with Crippen LogP contribution in [0.2, 0.25) is 5.02 Å². The second-order valence-corrected chi connectivity index (χ2v) is 9.30. The van der Waals surface area contributed by atoms with Crippen LogP contribution in [0.4, 0.5) is 11.4 Å². The lowest BCUT2D eigenvalue weighted by Gasteiger charge is -2.50. The molecule has 7 rings (SSSR count). The van der Waals surface area contributed by atoms with Crippen LogP contribution in [0.3, 0.4) is 0 Å². The highest BCUT2D eigenvalue weighted by Gasteiger charge is 2.68. The monoisotopic (exact) mass is 464 g/mol. The summed E-state index contributed by atoms with van der Waals surface area (Å²) in [5.41, 5.74) is 2.95. The molecule has 3 aliphatic carbocycles. The molecule has 0 unspecified atom stereocenters. The fourth-order valence-corrected chi connectivity index (χ4v) is 6.49. The first-order valence-corrected chi connectivity index (χ1v) is 10.8. The number of carbonyl (C=O) groups excluding carboxylic acids is 2. The van der Waals surface area contributed by atoms with Gasteiger partial charge in [-0.05, 0) is 34.4 Å². The van der Waals surface area contributed by atoms with Gasteiger partial charge in [0, 0.05) is 17.0 Å². The highest BCUT2D eigenvalue weighted by atomic mass is 35.5. The van der Waals surface area contributed by atoms with Gasteiger partial charge in [-0.15, -0.1) is 11.6 Å². The number of imide groups is 1. The third-order valence-corrected chi connectivity index (χ3v) is 7.77. The van der Waals surface area contributed by atoms with Crippen molar-refractivity contribution in [2.24, 2.45) is 11.8 Å². The second kappa shape index (κ2) is 6.40. The summed E-state index contributed by atoms with van der Waals surface area (Å²) in [6, 6.07) is 19.1. The largest absolute Gasteiger partial charge is 0.294 e. The summed E-state index contributed by atoms with van der Waals surface area (Å²) in [5.74, 6) is -3.00. The highest BCUT2D eigenvalue weighted by Crippen LogP contribution is 2.66. The highest BCUT2D eigenvalue weighted by molar-refractivity contribution is 6.34. The molecular formula is C24H14Cl2N2O4. The van der Waals surface area contributed by atoms with Crippen LogP contribution in [-0.2, 0) is 14.5 Å². The van der Waals surface area contributed by atoms with E-state index in [2.05, 4.69) is 0 Å². The summed E-state index contributed by atoms with van der Waals surface area (Å²) >= 11 is 13.3. The number of hydrogen-bond donors (Lipinski definition) is 0. The number of nitro groups is 1. The molecule has 1 aliphatic heterocycles. The Kier molecular flexibility index (Phi) is 3.89. The number of hydrogen-bond acceptors (Lipinski definition) is 4. The molecule has 2 bridgehead atoms. The summed E-state index contributed by atoms with van der Waals surface area (Å²) in [4.78, 5) is 38.3. The van der Waals surface area contributed by atoms with E-state index < -0.39 is 39.1 Å². The Morgan fingerprint density at radius 1 is 0.906 bits per heavy atom. The Morgan fingerprint density at radius 3 is 2.09 bits per heavy atom. The molecule has 1 fully saturated rings. The summed E-state index contributed by atoms with van der Waals surface area (Å²) in [5, 5.41) is 11.8. The summed E-state index contributed by atoms with van der Waals surface area (Å²) < 4.78 is 0. The van der Waals surface area contributed by atoms with Crippen LogP contribution < -0.4 is 4.90 Å². The molecule has 6 nitrogen and oxygen atoms in total. The predicted octanol–water partition coefficient (Wildman–Crippen LogP) is 5.00. The molecule has 0 radical (unpaired) electrons. The number of halogens is 2. The third kappa shape index (κ3) is 2.21. The number of benzene rings is 3. The van der Waals surface area contributed by atoms with Gasteiger partial charge in [0.1, 0.15) is 10.6 Å². The van der Waals surface area contributed by atoms with Crippen molar-refractivity contribution in [2.45, 2.75) is 10.8 Å². The molecule has 1 heterocycles. The van der Waals surface area contributed by atoms with E-state index in [9.17, 15) is 19.7 Å². The quantitative estimate of drug-likeness (QED) is 0.231. The van der Waals surface area contributed by atoms with E-state index in [-0.39, 0.29) is 16.6 Å². The molecule has 0 saturated carbocycles. The van der Waals surface area contributed by atoms with Crippen LogP contribution in [0, 0.1) is 22.0 Å². The number of carbonyl (C=O) groups is 2. The van der Waals surface area contributed by atoms with Gasteiger partial charge >= 0.3 is 0 Å². The molecule has 2 atom stereocenters. The van der Waals surface area contributed by atoms with E-state index in [4.69, 9.17) is 23.2 Å². The van der Waals surface area contributed by atoms with Crippen molar-refractivity contribution < 1.29 is 14.5 Å². The van der Waals surface area contributed by atoms with Gasteiger partial charge in [0.25, 0.3) is 5.69 Å². The van der Waals surface area contributed by atoms with Gasteiger partial charge in [-0.25, -0.2) is 4.90 Å². The second-order valence-electron chi connectivity index (χ2n) is 8.27. The normalized spacial score (nSPS) is 27.2. The molecule has 32 heavy (non-hydrogen) atoms. The molecule has 0 N–H and O–H groups in total. The Labute approximate surface area is 192 Å². The maximum absolute atomic E-state index is 13.8. The van der Waals surface area contributed by atoms with Gasteiger partial charge in [0.2, 0.25) is 11.8 Å². The van der Waals surface area contributed by atoms with Crippen molar-refractivity contribution in [3.63, 3.8) is 0 Å². The van der Waals surface area contributed by atoms with Gasteiger partial charge in [-0.2, -0.15) is 0 Å². The van der Waals surface area contributed by atoms with Crippen LogP contribution in [-0.4, -0.2) is 16.7 Å². The molecule has 4 aliphatic rings. The van der Waals surface area contributed by atoms with Crippen molar-refractivity contribution in [3.8, 4) is 0 Å². The van der Waals surface area contributed by atoms with E-state index in [1.165, 1.54) is 12.1 Å². The molecule has 0 aromatic heterocycles. The van der Waals surface area contributed by atoms with E-state index in [0.717, 1.165) is 33.2 Å². The van der Waals surface area contributed by atoms with Crippen LogP contribution in [0.15, 0.2) is 66.7 Å². The first-order chi connectivity index (χ1) is 15.4. The van der Waals surface area contributed by atoms with Crippen LogP contribution in [0.5, 0.6) is 0 Å². The zero-order valence-electron chi connectivity index (χ0n) is 16.4. The van der Waals surface area contributed by atoms with Gasteiger partial charge in [-0.1, -0.05) is 60.1 Å². The van der Waals surface area contributed by atoms with E-state index in [1.54, 1.807) is 0 Å². The van der Waals surface area contributed by atoms with Crippen molar-refractivity contribution in [1.29, 1.82) is 0 Å². The maximum Gasteiger partial charge on any atom is 0.294 e. The number of rotatable bonds is 2. The topological polar surface area (TPSA) is 80.5 Å². The van der Waals surface area contributed by atoms with E-state index >= 15 is 0 Å². The standard InChI is InChI=1S/C24H14Cl2N2O4/c25-12-9-10-17(18(11-12)28(31)32)27-22(29)20-19-13-5-1-3-7-15(13)24(26,21(20)23(27)30)16-8-4-2-6-14(16)19/h1-11,19-21H/t19?,20-,21+,24?/m0/s1.